The van der Waals surface area contributed by atoms with Gasteiger partial charge in [-0.15, -0.1) is 23.4 Å². The number of nitrogens with zero attached hydrogens (tertiary/aromatic N) is 3. The quantitative estimate of drug-likeness (QED) is 0.726. The molecule has 2 aliphatic rings. The van der Waals surface area contributed by atoms with Crippen molar-refractivity contribution in [3.05, 3.63) is 35.1 Å². The van der Waals surface area contributed by atoms with Crippen molar-refractivity contribution in [1.29, 1.82) is 0 Å². The zero-order valence-corrected chi connectivity index (χ0v) is 16.7. The summed E-state index contributed by atoms with van der Waals surface area (Å²) in [5.74, 6) is -1.09. The van der Waals surface area contributed by atoms with Crippen LogP contribution in [0.3, 0.4) is 0 Å². The lowest BCUT2D eigenvalue weighted by atomic mass is 9.97. The Balaban J connectivity index is 1.64. The summed E-state index contributed by atoms with van der Waals surface area (Å²) in [4.78, 5) is 1.89. The Labute approximate surface area is 175 Å². The number of likely N-dealkylation sites (N-methyl/N-ethyl adjacent to an activating group) is 1. The Bertz CT molecular complexity index is 946. The van der Waals surface area contributed by atoms with Crippen molar-refractivity contribution in [2.45, 2.75) is 38.0 Å². The number of hydrogen-bond donors (Lipinski definition) is 1. The SMILES string of the molecule is CN1C[C@H](F)C[C@@H](Nc2nnc(-c3ccc(OC(F)(F)F)cc3F)c3c2CCOC3)C1. The number of nitrogens with one attached hydrogen (secondary N) is 1. The van der Waals surface area contributed by atoms with Crippen molar-refractivity contribution in [3.8, 4) is 17.0 Å². The molecule has 1 fully saturated rings. The third kappa shape index (κ3) is 5.04. The van der Waals surface area contributed by atoms with Crippen LogP contribution in [0.5, 0.6) is 5.75 Å². The molecule has 0 aliphatic carbocycles. The maximum Gasteiger partial charge on any atom is 0.573 e. The minimum atomic E-state index is -4.92. The number of halogens is 5. The Morgan fingerprint density at radius 2 is 2.00 bits per heavy atom. The molecule has 0 amide bonds. The first kappa shape index (κ1) is 21.7. The standard InChI is InChI=1S/C20H21F5N4O2/c1-29-8-11(21)6-12(9-29)26-19-14-4-5-30-10-16(14)18(27-28-19)15-3-2-13(7-17(15)22)31-20(23,24)25/h2-3,7,11-12H,4-6,8-10H2,1H3,(H,26,28)/t11-,12-/m1/s1. The molecule has 4 rings (SSSR count). The summed E-state index contributed by atoms with van der Waals surface area (Å²) in [5, 5.41) is 11.6. The Morgan fingerprint density at radius 1 is 1.19 bits per heavy atom. The molecule has 11 heteroatoms. The third-order valence-electron chi connectivity index (χ3n) is 5.28. The highest BCUT2D eigenvalue weighted by Gasteiger charge is 2.32. The zero-order valence-electron chi connectivity index (χ0n) is 16.7. The van der Waals surface area contributed by atoms with Crippen LogP contribution in [0.1, 0.15) is 17.5 Å². The van der Waals surface area contributed by atoms with E-state index in [1.807, 2.05) is 11.9 Å². The fraction of sp³-hybridized carbons (Fsp3) is 0.500. The minimum absolute atomic E-state index is 0.00320. The molecule has 3 heterocycles. The van der Waals surface area contributed by atoms with Gasteiger partial charge < -0.3 is 19.7 Å². The van der Waals surface area contributed by atoms with E-state index in [-0.39, 0.29) is 23.9 Å². The van der Waals surface area contributed by atoms with Crippen molar-refractivity contribution in [1.82, 2.24) is 15.1 Å². The molecule has 1 aromatic heterocycles. The van der Waals surface area contributed by atoms with Crippen LogP contribution in [-0.4, -0.2) is 60.4 Å². The average molecular weight is 444 g/mol. The summed E-state index contributed by atoms with van der Waals surface area (Å²) in [6, 6.07) is 2.70. The topological polar surface area (TPSA) is 59.5 Å². The molecule has 31 heavy (non-hydrogen) atoms. The first-order valence-corrected chi connectivity index (χ1v) is 9.80. The van der Waals surface area contributed by atoms with Gasteiger partial charge in [-0.25, -0.2) is 8.78 Å². The van der Waals surface area contributed by atoms with Crippen molar-refractivity contribution in [2.75, 3.05) is 32.1 Å². The molecule has 2 aliphatic heterocycles. The number of hydrogen-bond acceptors (Lipinski definition) is 6. The minimum Gasteiger partial charge on any atom is -0.406 e. The molecule has 0 saturated carbocycles. The van der Waals surface area contributed by atoms with Gasteiger partial charge in [-0.2, -0.15) is 0 Å². The van der Waals surface area contributed by atoms with Crippen LogP contribution in [0, 0.1) is 5.82 Å². The van der Waals surface area contributed by atoms with Crippen LogP contribution in [0.25, 0.3) is 11.3 Å². The van der Waals surface area contributed by atoms with Crippen molar-refractivity contribution in [3.63, 3.8) is 0 Å². The van der Waals surface area contributed by atoms with Gasteiger partial charge in [0.05, 0.1) is 13.2 Å². The first-order valence-electron chi connectivity index (χ1n) is 9.80. The van der Waals surface area contributed by atoms with Gasteiger partial charge >= 0.3 is 6.36 Å². The maximum atomic E-state index is 14.6. The first-order chi connectivity index (χ1) is 14.7. The third-order valence-corrected chi connectivity index (χ3v) is 5.28. The Kier molecular flexibility index (Phi) is 5.98. The second kappa shape index (κ2) is 8.54. The van der Waals surface area contributed by atoms with Crippen LogP contribution in [-0.2, 0) is 17.8 Å². The number of rotatable bonds is 4. The number of fused-ring (bicyclic) bond motifs is 1. The van der Waals surface area contributed by atoms with E-state index in [0.29, 0.717) is 50.0 Å². The van der Waals surface area contributed by atoms with Crippen LogP contribution >= 0.6 is 0 Å². The van der Waals surface area contributed by atoms with Gasteiger partial charge in [0.15, 0.2) is 5.82 Å². The van der Waals surface area contributed by atoms with E-state index in [2.05, 4.69) is 20.3 Å². The fourth-order valence-electron chi connectivity index (χ4n) is 4.04. The molecule has 168 valence electrons. The van der Waals surface area contributed by atoms with Gasteiger partial charge in [-0.3, -0.25) is 0 Å². The van der Waals surface area contributed by atoms with Crippen molar-refractivity contribution in [2.24, 2.45) is 0 Å². The van der Waals surface area contributed by atoms with Crippen LogP contribution in [0.2, 0.25) is 0 Å². The molecule has 1 N–H and O–H groups in total. The fourth-order valence-corrected chi connectivity index (χ4v) is 4.04. The Hall–Kier alpha value is -2.53. The van der Waals surface area contributed by atoms with E-state index < -0.39 is 24.1 Å². The molecular formula is C20H21F5N4O2. The van der Waals surface area contributed by atoms with Crippen molar-refractivity contribution >= 4 is 5.82 Å². The molecule has 6 nitrogen and oxygen atoms in total. The number of ether oxygens (including phenoxy) is 2. The van der Waals surface area contributed by atoms with Gasteiger partial charge in [0.25, 0.3) is 0 Å². The lowest BCUT2D eigenvalue weighted by Crippen LogP contribution is -2.45. The molecular weight excluding hydrogens is 423 g/mol. The summed E-state index contributed by atoms with van der Waals surface area (Å²) in [6.45, 7) is 1.61. The molecule has 1 aromatic carbocycles. The number of benzene rings is 1. The molecule has 0 bridgehead atoms. The molecule has 0 unspecified atom stereocenters. The second-order valence-electron chi connectivity index (χ2n) is 7.74. The predicted octanol–water partition coefficient (Wildman–Crippen LogP) is 3.71. The number of alkyl halides is 4. The zero-order chi connectivity index (χ0) is 22.2. The average Bonchev–Trinajstić information content (AvgIpc) is 2.67. The van der Waals surface area contributed by atoms with Gasteiger partial charge in [0.1, 0.15) is 23.4 Å². The summed E-state index contributed by atoms with van der Waals surface area (Å²) >= 11 is 0. The highest BCUT2D eigenvalue weighted by atomic mass is 19.4. The lowest BCUT2D eigenvalue weighted by Gasteiger charge is -2.33. The number of likely N-dealkylation sites (tertiary alicyclic amines) is 1. The maximum absolute atomic E-state index is 14.6. The van der Waals surface area contributed by atoms with Crippen LogP contribution in [0.15, 0.2) is 18.2 Å². The van der Waals surface area contributed by atoms with Gasteiger partial charge in [-0.1, -0.05) is 0 Å². The highest BCUT2D eigenvalue weighted by molar-refractivity contribution is 5.68. The largest absolute Gasteiger partial charge is 0.573 e. The monoisotopic (exact) mass is 444 g/mol. The van der Waals surface area contributed by atoms with Gasteiger partial charge in [0.2, 0.25) is 0 Å². The summed E-state index contributed by atoms with van der Waals surface area (Å²) in [6.07, 6.45) is -5.03. The molecule has 0 spiro atoms. The predicted molar refractivity (Wildman–Crippen MR) is 102 cm³/mol. The number of piperidine rings is 1. The van der Waals surface area contributed by atoms with E-state index in [9.17, 15) is 22.0 Å². The summed E-state index contributed by atoms with van der Waals surface area (Å²) in [5.41, 5.74) is 1.58. The highest BCUT2D eigenvalue weighted by Crippen LogP contribution is 2.34. The Morgan fingerprint density at radius 3 is 2.71 bits per heavy atom. The molecule has 1 saturated heterocycles. The number of aromatic nitrogens is 2. The smallest absolute Gasteiger partial charge is 0.406 e. The summed E-state index contributed by atoms with van der Waals surface area (Å²) < 4.78 is 75.0. The number of anilines is 1. The lowest BCUT2D eigenvalue weighted by molar-refractivity contribution is -0.274. The normalized spacial score (nSPS) is 22.1. The van der Waals surface area contributed by atoms with E-state index >= 15 is 0 Å². The van der Waals surface area contributed by atoms with E-state index in [1.54, 1.807) is 0 Å². The van der Waals surface area contributed by atoms with E-state index in [0.717, 1.165) is 11.6 Å². The van der Waals surface area contributed by atoms with Gasteiger partial charge in [-0.05, 0) is 25.6 Å². The van der Waals surface area contributed by atoms with E-state index in [4.69, 9.17) is 4.74 Å². The van der Waals surface area contributed by atoms with Crippen LogP contribution in [0.4, 0.5) is 27.8 Å². The second-order valence-corrected chi connectivity index (χ2v) is 7.74. The summed E-state index contributed by atoms with van der Waals surface area (Å²) in [7, 11) is 1.84. The van der Waals surface area contributed by atoms with Crippen LogP contribution < -0.4 is 10.1 Å². The van der Waals surface area contributed by atoms with Gasteiger partial charge in [0, 0.05) is 48.3 Å². The van der Waals surface area contributed by atoms with E-state index in [1.165, 1.54) is 6.07 Å². The molecule has 0 radical (unpaired) electrons. The van der Waals surface area contributed by atoms with Crippen molar-refractivity contribution < 1.29 is 31.4 Å². The molecule has 2 atom stereocenters. The molecule has 2 aromatic rings.